The lowest BCUT2D eigenvalue weighted by Gasteiger charge is -2.12. The van der Waals surface area contributed by atoms with E-state index in [2.05, 4.69) is 249 Å². The SMILES string of the molecule is Cc1cn(C(C)C)c(C)n1.Cc1cn(C(C)C)c(C)n1.Cc1nc(C(C)C)c(C)n1C(C)C.Cc1nc(C(C)C)cn1C(C)C.Cc1nc(C)n(C(C)C)c1C.Cc1nc(C)n(C(C)C)c1C. The standard InChI is InChI=1S/C11H20N2.C10H18N2.2C9H16N2.2C8H14N2/c1-7(2)11-9(5)13(8(3)4)10(6)12-11;1-7(2)10-6-12(8(3)4)9(5)11-10;2*1-6(2)11-8(4)7(3)10-9(11)5;2*1-6(2)10-5-7(3)9-8(10)4/h7-8H,1-6H3;6-8H,1-5H3;2*6H,1-5H3;2*5-6H,1-4H3. The van der Waals surface area contributed by atoms with Crippen LogP contribution in [-0.2, 0) is 0 Å². The Balaban J connectivity index is 0.000000403. The summed E-state index contributed by atoms with van der Waals surface area (Å²) in [5.74, 6) is 7.76. The summed E-state index contributed by atoms with van der Waals surface area (Å²) in [7, 11) is 0. The molecule has 0 aromatic carbocycles. The van der Waals surface area contributed by atoms with Crippen molar-refractivity contribution in [2.45, 2.75) is 249 Å². The van der Waals surface area contributed by atoms with Crippen LogP contribution >= 0.6 is 0 Å². The predicted octanol–water partition coefficient (Wildman–Crippen LogP) is 15.0. The van der Waals surface area contributed by atoms with Gasteiger partial charge < -0.3 is 27.4 Å². The first-order valence-corrected chi connectivity index (χ1v) is 25.0. The minimum atomic E-state index is 0.514. The Labute approximate surface area is 409 Å². The van der Waals surface area contributed by atoms with Gasteiger partial charge in [0.1, 0.15) is 34.9 Å². The van der Waals surface area contributed by atoms with Gasteiger partial charge in [0.25, 0.3) is 0 Å². The molecular formula is C55H98N12. The van der Waals surface area contributed by atoms with Crippen molar-refractivity contribution < 1.29 is 0 Å². The van der Waals surface area contributed by atoms with Gasteiger partial charge in [-0.2, -0.15) is 0 Å². The fourth-order valence-corrected chi connectivity index (χ4v) is 8.72. The minimum Gasteiger partial charge on any atom is -0.332 e. The van der Waals surface area contributed by atoms with E-state index in [9.17, 15) is 0 Å². The van der Waals surface area contributed by atoms with Gasteiger partial charge in [0.15, 0.2) is 0 Å². The molecule has 0 amide bonds. The summed E-state index contributed by atoms with van der Waals surface area (Å²) in [6, 6.07) is 3.14. The van der Waals surface area contributed by atoms with E-state index in [1.807, 2.05) is 27.7 Å². The molecule has 0 fully saturated rings. The second-order valence-electron chi connectivity index (χ2n) is 20.6. The van der Waals surface area contributed by atoms with E-state index >= 15 is 0 Å². The van der Waals surface area contributed by atoms with Crippen LogP contribution in [0, 0.1) is 90.0 Å². The third kappa shape index (κ3) is 17.4. The quantitative estimate of drug-likeness (QED) is 0.150. The van der Waals surface area contributed by atoms with Gasteiger partial charge in [-0.25, -0.2) is 29.9 Å². The molecule has 6 heterocycles. The van der Waals surface area contributed by atoms with Crippen LogP contribution in [0.1, 0.15) is 245 Å². The van der Waals surface area contributed by atoms with Gasteiger partial charge in [-0.05, 0) is 185 Å². The minimum absolute atomic E-state index is 0.514. The lowest BCUT2D eigenvalue weighted by molar-refractivity contribution is 0.568. The number of aromatic nitrogens is 12. The number of rotatable bonds is 8. The number of nitrogens with zero attached hydrogens (tertiary/aromatic N) is 12. The van der Waals surface area contributed by atoms with Crippen LogP contribution in [-0.4, -0.2) is 57.3 Å². The van der Waals surface area contributed by atoms with Gasteiger partial charge in [-0.3, -0.25) is 0 Å². The Morgan fingerprint density at radius 3 is 0.746 bits per heavy atom. The van der Waals surface area contributed by atoms with Gasteiger partial charge in [0.2, 0.25) is 0 Å². The molecule has 0 saturated heterocycles. The van der Waals surface area contributed by atoms with E-state index in [0.717, 1.165) is 57.7 Å². The van der Waals surface area contributed by atoms with Crippen molar-refractivity contribution in [3.8, 4) is 0 Å². The smallest absolute Gasteiger partial charge is 0.106 e. The lowest BCUT2D eigenvalue weighted by atomic mass is 10.1. The highest BCUT2D eigenvalue weighted by Gasteiger charge is 2.15. The summed E-state index contributed by atoms with van der Waals surface area (Å²) in [6.45, 7) is 61.7. The molecule has 0 aliphatic carbocycles. The molecule has 0 spiro atoms. The molecule has 0 aliphatic rings. The molecule has 378 valence electrons. The maximum atomic E-state index is 4.59. The molecule has 12 nitrogen and oxygen atoms in total. The Bertz CT molecular complexity index is 2270. The van der Waals surface area contributed by atoms with Crippen molar-refractivity contribution in [1.29, 1.82) is 0 Å². The van der Waals surface area contributed by atoms with Crippen LogP contribution in [0.3, 0.4) is 0 Å². The summed E-state index contributed by atoms with van der Waals surface area (Å²) >= 11 is 0. The summed E-state index contributed by atoms with van der Waals surface area (Å²) in [5.41, 5.74) is 10.8. The zero-order chi connectivity index (χ0) is 52.1. The first kappa shape index (κ1) is 60.3. The Hall–Kier alpha value is -4.74. The highest BCUT2D eigenvalue weighted by molar-refractivity contribution is 5.19. The normalized spacial score (nSPS) is 11.2. The van der Waals surface area contributed by atoms with E-state index in [1.165, 1.54) is 28.5 Å². The fraction of sp³-hybridized carbons (Fsp3) is 0.673. The van der Waals surface area contributed by atoms with Crippen LogP contribution in [0.5, 0.6) is 0 Å². The molecule has 0 aliphatic heterocycles. The highest BCUT2D eigenvalue weighted by Crippen LogP contribution is 2.23. The van der Waals surface area contributed by atoms with E-state index in [0.29, 0.717) is 48.1 Å². The second-order valence-corrected chi connectivity index (χ2v) is 20.6. The molecule has 6 rings (SSSR count). The number of imidazole rings is 6. The van der Waals surface area contributed by atoms with Gasteiger partial charge in [-0.15, -0.1) is 0 Å². The average Bonchev–Trinajstić information content (AvgIpc) is 4.02. The molecule has 0 atom stereocenters. The van der Waals surface area contributed by atoms with Crippen LogP contribution in [0.15, 0.2) is 18.6 Å². The topological polar surface area (TPSA) is 107 Å². The number of aryl methyl sites for hydroxylation is 10. The molecule has 0 saturated carbocycles. The van der Waals surface area contributed by atoms with Gasteiger partial charge >= 0.3 is 0 Å². The molecule has 6 aromatic rings. The molecule has 0 radical (unpaired) electrons. The maximum Gasteiger partial charge on any atom is 0.106 e. The third-order valence-corrected chi connectivity index (χ3v) is 11.9. The summed E-state index contributed by atoms with van der Waals surface area (Å²) in [4.78, 5) is 26.5. The molecule has 67 heavy (non-hydrogen) atoms. The zero-order valence-electron chi connectivity index (χ0n) is 48.2. The molecule has 0 N–H and O–H groups in total. The van der Waals surface area contributed by atoms with E-state index in [-0.39, 0.29) is 0 Å². The average molecular weight is 927 g/mol. The van der Waals surface area contributed by atoms with Crippen molar-refractivity contribution in [2.24, 2.45) is 0 Å². The molecule has 12 heteroatoms. The summed E-state index contributed by atoms with van der Waals surface area (Å²) in [6.07, 6.45) is 6.32. The van der Waals surface area contributed by atoms with Crippen molar-refractivity contribution in [3.63, 3.8) is 0 Å². The van der Waals surface area contributed by atoms with Gasteiger partial charge in [-0.1, -0.05) is 27.7 Å². The number of hydrogen-bond acceptors (Lipinski definition) is 6. The molecular weight excluding hydrogens is 829 g/mol. The van der Waals surface area contributed by atoms with Crippen LogP contribution in [0.4, 0.5) is 0 Å². The summed E-state index contributed by atoms with van der Waals surface area (Å²) in [5, 5.41) is 0. The molecule has 0 bridgehead atoms. The lowest BCUT2D eigenvalue weighted by Crippen LogP contribution is -2.05. The van der Waals surface area contributed by atoms with Crippen molar-refractivity contribution in [1.82, 2.24) is 57.3 Å². The highest BCUT2D eigenvalue weighted by atomic mass is 15.1. The maximum absolute atomic E-state index is 4.59. The predicted molar refractivity (Wildman–Crippen MR) is 285 cm³/mol. The van der Waals surface area contributed by atoms with Crippen molar-refractivity contribution >= 4 is 0 Å². The van der Waals surface area contributed by atoms with Crippen molar-refractivity contribution in [2.75, 3.05) is 0 Å². The molecule has 6 aromatic heterocycles. The number of hydrogen-bond donors (Lipinski definition) is 0. The van der Waals surface area contributed by atoms with Crippen LogP contribution < -0.4 is 0 Å². The van der Waals surface area contributed by atoms with Gasteiger partial charge in [0, 0.05) is 71.9 Å². The van der Waals surface area contributed by atoms with E-state index in [4.69, 9.17) is 0 Å². The Morgan fingerprint density at radius 1 is 0.299 bits per heavy atom. The third-order valence-electron chi connectivity index (χ3n) is 11.9. The molecule has 0 unspecified atom stereocenters. The van der Waals surface area contributed by atoms with E-state index in [1.54, 1.807) is 0 Å². The Kier molecular flexibility index (Phi) is 24.0. The van der Waals surface area contributed by atoms with Gasteiger partial charge in [0.05, 0.1) is 34.2 Å². The first-order valence-electron chi connectivity index (χ1n) is 25.0. The first-order chi connectivity index (χ1) is 30.8. The summed E-state index contributed by atoms with van der Waals surface area (Å²) < 4.78 is 13.4. The Morgan fingerprint density at radius 2 is 0.597 bits per heavy atom. The second kappa shape index (κ2) is 26.7. The van der Waals surface area contributed by atoms with Crippen LogP contribution in [0.25, 0.3) is 0 Å². The largest absolute Gasteiger partial charge is 0.332 e. The fourth-order valence-electron chi connectivity index (χ4n) is 8.72. The van der Waals surface area contributed by atoms with Crippen molar-refractivity contribution in [3.05, 3.63) is 105 Å². The zero-order valence-corrected chi connectivity index (χ0v) is 48.2. The van der Waals surface area contributed by atoms with Crippen LogP contribution in [0.2, 0.25) is 0 Å². The van der Waals surface area contributed by atoms with E-state index < -0.39 is 0 Å². The monoisotopic (exact) mass is 927 g/mol.